The Morgan fingerprint density at radius 3 is 2.46 bits per heavy atom. The first-order valence-electron chi connectivity index (χ1n) is 4.94. The van der Waals surface area contributed by atoms with Crippen molar-refractivity contribution in [2.45, 2.75) is 32.8 Å². The minimum atomic E-state index is -0.597. The molecule has 0 aliphatic carbocycles. The third kappa shape index (κ3) is 9.80. The van der Waals surface area contributed by atoms with Crippen LogP contribution < -0.4 is 0 Å². The van der Waals surface area contributed by atoms with E-state index in [-0.39, 0.29) is 0 Å². The molecule has 80 valence electrons. The maximum Gasteiger partial charge on any atom is 0.0718 e. The van der Waals surface area contributed by atoms with Crippen molar-refractivity contribution in [1.82, 2.24) is 4.90 Å². The van der Waals surface area contributed by atoms with Gasteiger partial charge in [-0.2, -0.15) is 0 Å². The van der Waals surface area contributed by atoms with E-state index in [1.807, 2.05) is 27.8 Å². The number of likely N-dealkylation sites (N-methyl/N-ethyl adjacent to an activating group) is 1. The molecule has 13 heavy (non-hydrogen) atoms. The molecule has 1 N–H and O–H groups in total. The van der Waals surface area contributed by atoms with Crippen molar-refractivity contribution >= 4 is 0 Å². The Balaban J connectivity index is 3.35. The first-order chi connectivity index (χ1) is 5.95. The van der Waals surface area contributed by atoms with Gasteiger partial charge in [0.15, 0.2) is 0 Å². The van der Waals surface area contributed by atoms with Crippen LogP contribution >= 0.6 is 0 Å². The van der Waals surface area contributed by atoms with Gasteiger partial charge in [-0.3, -0.25) is 0 Å². The van der Waals surface area contributed by atoms with E-state index >= 15 is 0 Å². The summed E-state index contributed by atoms with van der Waals surface area (Å²) in [6.45, 7) is 8.93. The Morgan fingerprint density at radius 2 is 2.00 bits per heavy atom. The fraction of sp³-hybridized carbons (Fsp3) is 1.00. The van der Waals surface area contributed by atoms with Gasteiger partial charge in [-0.05, 0) is 34.2 Å². The normalized spacial score (nSPS) is 12.5. The van der Waals surface area contributed by atoms with E-state index in [2.05, 4.69) is 4.90 Å². The summed E-state index contributed by atoms with van der Waals surface area (Å²) < 4.78 is 5.22. The van der Waals surface area contributed by atoms with Crippen LogP contribution in [0, 0.1) is 0 Å². The summed E-state index contributed by atoms with van der Waals surface area (Å²) in [4.78, 5) is 2.12. The van der Waals surface area contributed by atoms with Crippen LogP contribution in [0.3, 0.4) is 0 Å². The van der Waals surface area contributed by atoms with Gasteiger partial charge in [0.1, 0.15) is 0 Å². The SMILES string of the molecule is CCOCCCN(C)CC(C)(C)O. The third-order valence-electron chi connectivity index (χ3n) is 1.69. The number of ether oxygens (including phenoxy) is 1. The van der Waals surface area contributed by atoms with Crippen LogP contribution in [0.4, 0.5) is 0 Å². The van der Waals surface area contributed by atoms with Crippen molar-refractivity contribution < 1.29 is 9.84 Å². The van der Waals surface area contributed by atoms with Gasteiger partial charge >= 0.3 is 0 Å². The van der Waals surface area contributed by atoms with Gasteiger partial charge in [0.25, 0.3) is 0 Å². The minimum absolute atomic E-state index is 0.597. The fourth-order valence-electron chi connectivity index (χ4n) is 1.32. The van der Waals surface area contributed by atoms with Crippen LogP contribution in [0.5, 0.6) is 0 Å². The molecule has 0 aromatic rings. The highest BCUT2D eigenvalue weighted by Gasteiger charge is 2.14. The zero-order valence-electron chi connectivity index (χ0n) is 9.34. The lowest BCUT2D eigenvalue weighted by Gasteiger charge is -2.25. The van der Waals surface area contributed by atoms with Crippen molar-refractivity contribution in [3.63, 3.8) is 0 Å². The average Bonchev–Trinajstić information content (AvgIpc) is 1.94. The van der Waals surface area contributed by atoms with Gasteiger partial charge in [0.2, 0.25) is 0 Å². The monoisotopic (exact) mass is 189 g/mol. The van der Waals surface area contributed by atoms with E-state index in [9.17, 15) is 5.11 Å². The molecule has 0 saturated heterocycles. The maximum absolute atomic E-state index is 9.52. The highest BCUT2D eigenvalue weighted by molar-refractivity contribution is 4.69. The zero-order chi connectivity index (χ0) is 10.3. The lowest BCUT2D eigenvalue weighted by atomic mass is 10.1. The van der Waals surface area contributed by atoms with E-state index in [1.165, 1.54) is 0 Å². The van der Waals surface area contributed by atoms with Gasteiger partial charge in [0, 0.05) is 26.3 Å². The summed E-state index contributed by atoms with van der Waals surface area (Å²) in [6, 6.07) is 0. The average molecular weight is 189 g/mol. The zero-order valence-corrected chi connectivity index (χ0v) is 9.34. The number of hydrogen-bond acceptors (Lipinski definition) is 3. The summed E-state index contributed by atoms with van der Waals surface area (Å²) in [5.74, 6) is 0. The summed E-state index contributed by atoms with van der Waals surface area (Å²) in [5.41, 5.74) is -0.597. The quantitative estimate of drug-likeness (QED) is 0.609. The predicted octanol–water partition coefficient (Wildman–Crippen LogP) is 1.12. The van der Waals surface area contributed by atoms with Crippen LogP contribution in [-0.2, 0) is 4.74 Å². The Bertz CT molecular complexity index is 121. The van der Waals surface area contributed by atoms with E-state index in [1.54, 1.807) is 0 Å². The molecule has 0 bridgehead atoms. The Morgan fingerprint density at radius 1 is 1.38 bits per heavy atom. The fourth-order valence-corrected chi connectivity index (χ4v) is 1.32. The third-order valence-corrected chi connectivity index (χ3v) is 1.69. The molecule has 0 aromatic carbocycles. The van der Waals surface area contributed by atoms with Gasteiger partial charge in [-0.15, -0.1) is 0 Å². The highest BCUT2D eigenvalue weighted by Crippen LogP contribution is 2.03. The Labute approximate surface area is 81.7 Å². The smallest absolute Gasteiger partial charge is 0.0718 e. The molecule has 0 unspecified atom stereocenters. The second-order valence-electron chi connectivity index (χ2n) is 4.10. The van der Waals surface area contributed by atoms with Crippen LogP contribution in [0.15, 0.2) is 0 Å². The molecule has 3 heteroatoms. The molecule has 0 heterocycles. The number of aliphatic hydroxyl groups is 1. The van der Waals surface area contributed by atoms with E-state index < -0.39 is 5.60 Å². The van der Waals surface area contributed by atoms with Gasteiger partial charge in [0.05, 0.1) is 5.60 Å². The van der Waals surface area contributed by atoms with Crippen LogP contribution in [0.25, 0.3) is 0 Å². The maximum atomic E-state index is 9.52. The molecule has 0 atom stereocenters. The summed E-state index contributed by atoms with van der Waals surface area (Å²) in [7, 11) is 2.02. The van der Waals surface area contributed by atoms with Crippen molar-refractivity contribution in [3.8, 4) is 0 Å². The van der Waals surface area contributed by atoms with Crippen LogP contribution in [0.1, 0.15) is 27.2 Å². The van der Waals surface area contributed by atoms with Gasteiger partial charge in [-0.1, -0.05) is 0 Å². The molecule has 0 rings (SSSR count). The first kappa shape index (κ1) is 12.9. The van der Waals surface area contributed by atoms with Crippen molar-refractivity contribution in [2.75, 3.05) is 33.4 Å². The first-order valence-corrected chi connectivity index (χ1v) is 4.94. The topological polar surface area (TPSA) is 32.7 Å². The molecule has 0 aliphatic heterocycles. The molecule has 0 spiro atoms. The van der Waals surface area contributed by atoms with Crippen molar-refractivity contribution in [3.05, 3.63) is 0 Å². The second kappa shape index (κ2) is 6.35. The number of nitrogens with zero attached hydrogens (tertiary/aromatic N) is 1. The molecule has 0 saturated carbocycles. The van der Waals surface area contributed by atoms with Crippen LogP contribution in [0.2, 0.25) is 0 Å². The molecule has 0 aromatic heterocycles. The molecule has 0 aliphatic rings. The molecule has 0 amide bonds. The molecular weight excluding hydrogens is 166 g/mol. The Hall–Kier alpha value is -0.120. The lowest BCUT2D eigenvalue weighted by Crippen LogP contribution is -2.36. The molecule has 0 radical (unpaired) electrons. The largest absolute Gasteiger partial charge is 0.389 e. The predicted molar refractivity (Wildman–Crippen MR) is 54.9 cm³/mol. The lowest BCUT2D eigenvalue weighted by molar-refractivity contribution is 0.0410. The Kier molecular flexibility index (Phi) is 6.29. The highest BCUT2D eigenvalue weighted by atomic mass is 16.5. The summed E-state index contributed by atoms with van der Waals surface area (Å²) in [6.07, 6.45) is 1.03. The van der Waals surface area contributed by atoms with E-state index in [4.69, 9.17) is 4.74 Å². The molecule has 3 nitrogen and oxygen atoms in total. The molecule has 0 fully saturated rings. The number of rotatable bonds is 7. The standard InChI is InChI=1S/C10H23NO2/c1-5-13-8-6-7-11(4)9-10(2,3)12/h12H,5-9H2,1-4H3. The van der Waals surface area contributed by atoms with Gasteiger partial charge in [-0.25, -0.2) is 0 Å². The number of hydrogen-bond donors (Lipinski definition) is 1. The summed E-state index contributed by atoms with van der Waals surface area (Å²) in [5, 5.41) is 9.52. The van der Waals surface area contributed by atoms with Gasteiger partial charge < -0.3 is 14.7 Å². The van der Waals surface area contributed by atoms with Crippen molar-refractivity contribution in [1.29, 1.82) is 0 Å². The van der Waals surface area contributed by atoms with Crippen LogP contribution in [-0.4, -0.2) is 49.0 Å². The summed E-state index contributed by atoms with van der Waals surface area (Å²) >= 11 is 0. The minimum Gasteiger partial charge on any atom is -0.389 e. The van der Waals surface area contributed by atoms with E-state index in [0.717, 1.165) is 26.2 Å². The van der Waals surface area contributed by atoms with E-state index in [0.29, 0.717) is 6.54 Å². The van der Waals surface area contributed by atoms with Crippen molar-refractivity contribution in [2.24, 2.45) is 0 Å². The second-order valence-corrected chi connectivity index (χ2v) is 4.10. The molecular formula is C10H23NO2.